The van der Waals surface area contributed by atoms with Gasteiger partial charge in [-0.25, -0.2) is 4.98 Å². The molecule has 2 unspecified atom stereocenters. The molecule has 0 bridgehead atoms. The molecule has 17 heavy (non-hydrogen) atoms. The second-order valence-corrected chi connectivity index (χ2v) is 5.01. The highest BCUT2D eigenvalue weighted by Crippen LogP contribution is 2.27. The molecule has 2 rings (SSSR count). The predicted molar refractivity (Wildman–Crippen MR) is 65.1 cm³/mol. The second kappa shape index (κ2) is 4.90. The van der Waals surface area contributed by atoms with Crippen LogP contribution < -0.4 is 0 Å². The SMILES string of the molecule is CCCC(C)c1nc2c([nH]1)CC(C(=O)O)CC2. The lowest BCUT2D eigenvalue weighted by Gasteiger charge is -2.16. The second-order valence-electron chi connectivity index (χ2n) is 5.01. The number of hydrogen-bond donors (Lipinski definition) is 2. The number of imidazole rings is 1. The zero-order valence-corrected chi connectivity index (χ0v) is 10.5. The van der Waals surface area contributed by atoms with E-state index >= 15 is 0 Å². The highest BCUT2D eigenvalue weighted by atomic mass is 16.4. The molecule has 2 atom stereocenters. The summed E-state index contributed by atoms with van der Waals surface area (Å²) in [6, 6.07) is 0. The summed E-state index contributed by atoms with van der Waals surface area (Å²) < 4.78 is 0. The summed E-state index contributed by atoms with van der Waals surface area (Å²) >= 11 is 0. The largest absolute Gasteiger partial charge is 0.481 e. The first-order valence-corrected chi connectivity index (χ1v) is 6.42. The molecule has 4 heteroatoms. The minimum absolute atomic E-state index is 0.239. The number of carboxylic acids is 1. The van der Waals surface area contributed by atoms with E-state index in [1.807, 2.05) is 0 Å². The van der Waals surface area contributed by atoms with Gasteiger partial charge in [-0.05, 0) is 19.3 Å². The molecule has 0 aromatic carbocycles. The molecular weight excluding hydrogens is 216 g/mol. The Labute approximate surface area is 101 Å². The first-order valence-electron chi connectivity index (χ1n) is 6.42. The Morgan fingerprint density at radius 2 is 2.41 bits per heavy atom. The lowest BCUT2D eigenvalue weighted by molar-refractivity contribution is -0.142. The van der Waals surface area contributed by atoms with Gasteiger partial charge < -0.3 is 10.1 Å². The van der Waals surface area contributed by atoms with Crippen molar-refractivity contribution in [3.8, 4) is 0 Å². The van der Waals surface area contributed by atoms with Crippen LogP contribution in [0.2, 0.25) is 0 Å². The molecule has 0 saturated carbocycles. The number of carboxylic acid groups (broad SMARTS) is 1. The third-order valence-corrected chi connectivity index (χ3v) is 3.60. The maximum Gasteiger partial charge on any atom is 0.306 e. The van der Waals surface area contributed by atoms with Crippen LogP contribution in [0.1, 0.15) is 56.2 Å². The molecule has 1 aromatic heterocycles. The standard InChI is InChI=1S/C13H20N2O2/c1-3-4-8(2)12-14-10-6-5-9(13(16)17)7-11(10)15-12/h8-9H,3-7H2,1-2H3,(H,14,15)(H,16,17). The molecule has 1 aromatic rings. The van der Waals surface area contributed by atoms with Crippen LogP contribution in [-0.4, -0.2) is 21.0 Å². The quantitative estimate of drug-likeness (QED) is 0.844. The Hall–Kier alpha value is -1.32. The van der Waals surface area contributed by atoms with E-state index in [4.69, 9.17) is 5.11 Å². The van der Waals surface area contributed by atoms with Gasteiger partial charge in [-0.2, -0.15) is 0 Å². The average Bonchev–Trinajstić information content (AvgIpc) is 2.71. The smallest absolute Gasteiger partial charge is 0.306 e. The summed E-state index contributed by atoms with van der Waals surface area (Å²) in [5.41, 5.74) is 2.13. The van der Waals surface area contributed by atoms with Gasteiger partial charge in [0.25, 0.3) is 0 Å². The van der Waals surface area contributed by atoms with Crippen molar-refractivity contribution in [1.29, 1.82) is 0 Å². The van der Waals surface area contributed by atoms with Crippen molar-refractivity contribution in [3.05, 3.63) is 17.2 Å². The van der Waals surface area contributed by atoms with E-state index in [0.29, 0.717) is 12.3 Å². The number of aryl methyl sites for hydroxylation is 1. The van der Waals surface area contributed by atoms with E-state index < -0.39 is 5.97 Å². The van der Waals surface area contributed by atoms with Gasteiger partial charge in [0.05, 0.1) is 11.6 Å². The normalized spacial score (nSPS) is 20.9. The van der Waals surface area contributed by atoms with Crippen molar-refractivity contribution >= 4 is 5.97 Å². The van der Waals surface area contributed by atoms with Crippen LogP contribution in [0.3, 0.4) is 0 Å². The van der Waals surface area contributed by atoms with Gasteiger partial charge in [-0.1, -0.05) is 20.3 Å². The molecule has 2 N–H and O–H groups in total. The van der Waals surface area contributed by atoms with Crippen LogP contribution in [0.15, 0.2) is 0 Å². The fraction of sp³-hybridized carbons (Fsp3) is 0.692. The van der Waals surface area contributed by atoms with Crippen molar-refractivity contribution in [1.82, 2.24) is 9.97 Å². The van der Waals surface area contributed by atoms with E-state index in [2.05, 4.69) is 23.8 Å². The van der Waals surface area contributed by atoms with E-state index in [1.165, 1.54) is 0 Å². The monoisotopic (exact) mass is 236 g/mol. The molecular formula is C13H20N2O2. The highest BCUT2D eigenvalue weighted by Gasteiger charge is 2.27. The minimum atomic E-state index is -0.687. The number of H-pyrrole nitrogens is 1. The third-order valence-electron chi connectivity index (χ3n) is 3.60. The zero-order valence-electron chi connectivity index (χ0n) is 10.5. The third kappa shape index (κ3) is 2.51. The van der Waals surface area contributed by atoms with Crippen molar-refractivity contribution < 1.29 is 9.90 Å². The lowest BCUT2D eigenvalue weighted by atomic mass is 9.90. The predicted octanol–water partition coefficient (Wildman–Crippen LogP) is 2.50. The number of rotatable bonds is 4. The number of nitrogens with one attached hydrogen (secondary N) is 1. The number of aromatic amines is 1. The lowest BCUT2D eigenvalue weighted by Crippen LogP contribution is -2.22. The number of carbonyl (C=O) groups is 1. The first-order chi connectivity index (χ1) is 8.11. The number of fused-ring (bicyclic) bond motifs is 1. The van der Waals surface area contributed by atoms with Gasteiger partial charge in [0.1, 0.15) is 5.82 Å². The Morgan fingerprint density at radius 1 is 1.65 bits per heavy atom. The topological polar surface area (TPSA) is 66.0 Å². The summed E-state index contributed by atoms with van der Waals surface area (Å²) in [5, 5.41) is 9.03. The van der Waals surface area contributed by atoms with E-state index in [9.17, 15) is 4.79 Å². The van der Waals surface area contributed by atoms with Crippen LogP contribution in [0.4, 0.5) is 0 Å². The molecule has 0 saturated heterocycles. The molecule has 1 aliphatic carbocycles. The van der Waals surface area contributed by atoms with Crippen LogP contribution in [0.25, 0.3) is 0 Å². The Morgan fingerprint density at radius 3 is 3.06 bits per heavy atom. The number of nitrogens with zero attached hydrogens (tertiary/aromatic N) is 1. The Bertz CT molecular complexity index is 412. The molecule has 0 fully saturated rings. The number of hydrogen-bond acceptors (Lipinski definition) is 2. The van der Waals surface area contributed by atoms with Gasteiger partial charge in [0.2, 0.25) is 0 Å². The maximum absolute atomic E-state index is 11.0. The minimum Gasteiger partial charge on any atom is -0.481 e. The van der Waals surface area contributed by atoms with E-state index in [1.54, 1.807) is 0 Å². The zero-order chi connectivity index (χ0) is 12.4. The molecule has 94 valence electrons. The van der Waals surface area contributed by atoms with Gasteiger partial charge in [-0.15, -0.1) is 0 Å². The Kier molecular flexibility index (Phi) is 3.50. The molecule has 0 spiro atoms. The van der Waals surface area contributed by atoms with Crippen molar-refractivity contribution in [2.45, 2.75) is 51.9 Å². The summed E-state index contributed by atoms with van der Waals surface area (Å²) in [6.07, 6.45) is 4.38. The van der Waals surface area contributed by atoms with Crippen molar-refractivity contribution in [2.24, 2.45) is 5.92 Å². The molecule has 0 radical (unpaired) electrons. The molecule has 1 aliphatic rings. The fourth-order valence-corrected chi connectivity index (χ4v) is 2.52. The Balaban J connectivity index is 2.14. The van der Waals surface area contributed by atoms with Crippen molar-refractivity contribution in [3.63, 3.8) is 0 Å². The van der Waals surface area contributed by atoms with E-state index in [0.717, 1.165) is 42.9 Å². The summed E-state index contributed by atoms with van der Waals surface area (Å²) in [6.45, 7) is 4.34. The van der Waals surface area contributed by atoms with E-state index in [-0.39, 0.29) is 5.92 Å². The van der Waals surface area contributed by atoms with Crippen LogP contribution in [0, 0.1) is 5.92 Å². The molecule has 1 heterocycles. The number of aliphatic carboxylic acids is 1. The van der Waals surface area contributed by atoms with Crippen LogP contribution >= 0.6 is 0 Å². The van der Waals surface area contributed by atoms with Gasteiger partial charge >= 0.3 is 5.97 Å². The average molecular weight is 236 g/mol. The first kappa shape index (κ1) is 12.1. The van der Waals surface area contributed by atoms with Crippen LogP contribution in [-0.2, 0) is 17.6 Å². The molecule has 4 nitrogen and oxygen atoms in total. The van der Waals surface area contributed by atoms with Gasteiger partial charge in [0, 0.05) is 18.0 Å². The molecule has 0 amide bonds. The number of aromatic nitrogens is 2. The summed E-state index contributed by atoms with van der Waals surface area (Å²) in [5.74, 6) is 0.544. The van der Waals surface area contributed by atoms with Gasteiger partial charge in [-0.3, -0.25) is 4.79 Å². The highest BCUT2D eigenvalue weighted by molar-refractivity contribution is 5.70. The molecule has 0 aliphatic heterocycles. The summed E-state index contributed by atoms with van der Waals surface area (Å²) in [7, 11) is 0. The maximum atomic E-state index is 11.0. The van der Waals surface area contributed by atoms with Crippen molar-refractivity contribution in [2.75, 3.05) is 0 Å². The van der Waals surface area contributed by atoms with Gasteiger partial charge in [0.15, 0.2) is 0 Å². The van der Waals surface area contributed by atoms with Crippen LogP contribution in [0.5, 0.6) is 0 Å². The summed E-state index contributed by atoms with van der Waals surface area (Å²) in [4.78, 5) is 18.9. The fourth-order valence-electron chi connectivity index (χ4n) is 2.52.